The molecule has 0 bridgehead atoms. The minimum atomic E-state index is -0.245. The van der Waals surface area contributed by atoms with Gasteiger partial charge in [-0.1, -0.05) is 23.8 Å². The topological polar surface area (TPSA) is 45.0 Å². The fourth-order valence-corrected chi connectivity index (χ4v) is 2.54. The Balaban J connectivity index is 1.85. The van der Waals surface area contributed by atoms with Crippen molar-refractivity contribution in [2.45, 2.75) is 38.1 Å². The molecule has 20 heavy (non-hydrogen) atoms. The molecule has 0 saturated heterocycles. The molecule has 0 radical (unpaired) electrons. The Hall–Kier alpha value is -1.79. The summed E-state index contributed by atoms with van der Waals surface area (Å²) in [6, 6.07) is 9.75. The van der Waals surface area contributed by atoms with E-state index in [1.165, 1.54) is 31.3 Å². The molecule has 106 valence electrons. The molecular weight excluding hydrogens is 248 g/mol. The number of nitriles is 1. The van der Waals surface area contributed by atoms with Crippen LogP contribution in [-0.2, 0) is 0 Å². The number of hydrogen-bond donors (Lipinski definition) is 1. The number of benzene rings is 1. The van der Waals surface area contributed by atoms with E-state index < -0.39 is 0 Å². The van der Waals surface area contributed by atoms with Crippen molar-refractivity contribution in [3.8, 4) is 11.8 Å². The summed E-state index contributed by atoms with van der Waals surface area (Å²) < 4.78 is 5.13. The number of methoxy groups -OCH3 is 1. The molecule has 0 aromatic heterocycles. The van der Waals surface area contributed by atoms with Gasteiger partial charge in [-0.2, -0.15) is 5.26 Å². The Morgan fingerprint density at radius 1 is 1.30 bits per heavy atom. The first-order valence-corrected chi connectivity index (χ1v) is 7.28. The van der Waals surface area contributed by atoms with Crippen molar-refractivity contribution in [3.05, 3.63) is 41.5 Å². The molecule has 0 aliphatic heterocycles. The first kappa shape index (κ1) is 14.6. The van der Waals surface area contributed by atoms with Crippen LogP contribution in [0.1, 0.15) is 43.7 Å². The minimum absolute atomic E-state index is 0.245. The molecule has 0 spiro atoms. The standard InChI is InChI=1S/C17H22N2O/c1-20-16-9-7-15(8-10-16)17(13-18)19-12-11-14-5-3-2-4-6-14/h5,7-10,17,19H,2-4,6,11-12H2,1H3. The number of allylic oxidation sites excluding steroid dienone is 1. The van der Waals surface area contributed by atoms with Gasteiger partial charge in [0.15, 0.2) is 0 Å². The maximum absolute atomic E-state index is 9.28. The van der Waals surface area contributed by atoms with Gasteiger partial charge in [-0.15, -0.1) is 0 Å². The monoisotopic (exact) mass is 270 g/mol. The molecule has 1 unspecified atom stereocenters. The van der Waals surface area contributed by atoms with Crippen LogP contribution in [0, 0.1) is 11.3 Å². The van der Waals surface area contributed by atoms with E-state index in [0.717, 1.165) is 24.3 Å². The van der Waals surface area contributed by atoms with Crippen molar-refractivity contribution in [1.82, 2.24) is 5.32 Å². The normalized spacial score (nSPS) is 16.1. The smallest absolute Gasteiger partial charge is 0.121 e. The van der Waals surface area contributed by atoms with E-state index in [1.54, 1.807) is 7.11 Å². The van der Waals surface area contributed by atoms with Crippen LogP contribution in [0.25, 0.3) is 0 Å². The molecule has 2 rings (SSSR count). The number of ether oxygens (including phenoxy) is 1. The first-order chi connectivity index (χ1) is 9.83. The molecule has 1 aromatic rings. The molecule has 0 saturated carbocycles. The Morgan fingerprint density at radius 3 is 2.70 bits per heavy atom. The van der Waals surface area contributed by atoms with Gasteiger partial charge in [-0.3, -0.25) is 5.32 Å². The highest BCUT2D eigenvalue weighted by atomic mass is 16.5. The fourth-order valence-electron chi connectivity index (χ4n) is 2.54. The lowest BCUT2D eigenvalue weighted by Crippen LogP contribution is -2.21. The zero-order chi connectivity index (χ0) is 14.2. The molecule has 3 heteroatoms. The van der Waals surface area contributed by atoms with Gasteiger partial charge in [0.25, 0.3) is 0 Å². The van der Waals surface area contributed by atoms with Gasteiger partial charge >= 0.3 is 0 Å². The number of nitrogens with one attached hydrogen (secondary N) is 1. The summed E-state index contributed by atoms with van der Waals surface area (Å²) in [6.45, 7) is 0.857. The quantitative estimate of drug-likeness (QED) is 0.801. The van der Waals surface area contributed by atoms with Crippen LogP contribution in [0.3, 0.4) is 0 Å². The van der Waals surface area contributed by atoms with E-state index in [1.807, 2.05) is 24.3 Å². The van der Waals surface area contributed by atoms with Crippen molar-refractivity contribution >= 4 is 0 Å². The van der Waals surface area contributed by atoms with Crippen LogP contribution >= 0.6 is 0 Å². The maximum Gasteiger partial charge on any atom is 0.121 e. The van der Waals surface area contributed by atoms with Crippen molar-refractivity contribution < 1.29 is 4.74 Å². The molecular formula is C17H22N2O. The molecule has 1 N–H and O–H groups in total. The van der Waals surface area contributed by atoms with Gasteiger partial charge in [0.2, 0.25) is 0 Å². The summed E-state index contributed by atoms with van der Waals surface area (Å²) in [5.41, 5.74) is 2.53. The van der Waals surface area contributed by atoms with Crippen molar-refractivity contribution in [2.75, 3.05) is 13.7 Å². The second-order valence-corrected chi connectivity index (χ2v) is 5.15. The van der Waals surface area contributed by atoms with E-state index in [4.69, 9.17) is 4.74 Å². The van der Waals surface area contributed by atoms with Crippen molar-refractivity contribution in [1.29, 1.82) is 5.26 Å². The lowest BCUT2D eigenvalue weighted by molar-refractivity contribution is 0.414. The fraction of sp³-hybridized carbons (Fsp3) is 0.471. The van der Waals surface area contributed by atoms with Crippen LogP contribution in [0.5, 0.6) is 5.75 Å². The van der Waals surface area contributed by atoms with Crippen LogP contribution in [-0.4, -0.2) is 13.7 Å². The third kappa shape index (κ3) is 4.11. The maximum atomic E-state index is 9.28. The Labute approximate surface area is 121 Å². The number of hydrogen-bond acceptors (Lipinski definition) is 3. The second-order valence-electron chi connectivity index (χ2n) is 5.15. The van der Waals surface area contributed by atoms with Crippen LogP contribution < -0.4 is 10.1 Å². The van der Waals surface area contributed by atoms with Gasteiger partial charge in [0, 0.05) is 6.54 Å². The third-order valence-electron chi connectivity index (χ3n) is 3.76. The highest BCUT2D eigenvalue weighted by Crippen LogP contribution is 2.21. The molecule has 1 aliphatic rings. The van der Waals surface area contributed by atoms with Gasteiger partial charge in [-0.25, -0.2) is 0 Å². The summed E-state index contributed by atoms with van der Waals surface area (Å²) >= 11 is 0. The highest BCUT2D eigenvalue weighted by Gasteiger charge is 2.10. The Kier molecular flexibility index (Phi) is 5.64. The summed E-state index contributed by atoms with van der Waals surface area (Å²) in [5, 5.41) is 12.6. The second kappa shape index (κ2) is 7.72. The molecule has 1 aliphatic carbocycles. The Bertz CT molecular complexity index is 485. The minimum Gasteiger partial charge on any atom is -0.497 e. The SMILES string of the molecule is COc1ccc(C(C#N)NCCC2=CCCCC2)cc1. The van der Waals surface area contributed by atoms with E-state index in [9.17, 15) is 5.26 Å². The van der Waals surface area contributed by atoms with Gasteiger partial charge in [0.05, 0.1) is 13.2 Å². The average Bonchev–Trinajstić information content (AvgIpc) is 2.53. The molecule has 0 amide bonds. The van der Waals surface area contributed by atoms with Crippen molar-refractivity contribution in [2.24, 2.45) is 0 Å². The lowest BCUT2D eigenvalue weighted by Gasteiger charge is -2.15. The predicted molar refractivity (Wildman–Crippen MR) is 80.5 cm³/mol. The summed E-state index contributed by atoms with van der Waals surface area (Å²) in [7, 11) is 1.65. The van der Waals surface area contributed by atoms with Gasteiger partial charge < -0.3 is 4.74 Å². The van der Waals surface area contributed by atoms with Crippen molar-refractivity contribution in [3.63, 3.8) is 0 Å². The predicted octanol–water partition coefficient (Wildman–Crippen LogP) is 3.74. The highest BCUT2D eigenvalue weighted by molar-refractivity contribution is 5.31. The largest absolute Gasteiger partial charge is 0.497 e. The first-order valence-electron chi connectivity index (χ1n) is 7.28. The molecule has 1 aromatic carbocycles. The zero-order valence-electron chi connectivity index (χ0n) is 12.1. The van der Waals surface area contributed by atoms with Gasteiger partial charge in [0.1, 0.15) is 11.8 Å². The molecule has 3 nitrogen and oxygen atoms in total. The van der Waals surface area contributed by atoms with E-state index >= 15 is 0 Å². The zero-order valence-corrected chi connectivity index (χ0v) is 12.1. The van der Waals surface area contributed by atoms with Crippen LogP contribution in [0.15, 0.2) is 35.9 Å². The van der Waals surface area contributed by atoms with E-state index in [0.29, 0.717) is 0 Å². The number of nitrogens with zero attached hydrogens (tertiary/aromatic N) is 1. The summed E-state index contributed by atoms with van der Waals surface area (Å²) in [6.07, 6.45) is 8.49. The number of rotatable bonds is 6. The van der Waals surface area contributed by atoms with Gasteiger partial charge in [-0.05, 0) is 49.8 Å². The molecule has 1 atom stereocenters. The summed E-state index contributed by atoms with van der Waals surface area (Å²) in [5.74, 6) is 0.817. The third-order valence-corrected chi connectivity index (χ3v) is 3.76. The summed E-state index contributed by atoms with van der Waals surface area (Å²) in [4.78, 5) is 0. The van der Waals surface area contributed by atoms with E-state index in [2.05, 4.69) is 17.5 Å². The lowest BCUT2D eigenvalue weighted by atomic mass is 9.97. The van der Waals surface area contributed by atoms with Crippen LogP contribution in [0.2, 0.25) is 0 Å². The van der Waals surface area contributed by atoms with Crippen LogP contribution in [0.4, 0.5) is 0 Å². The molecule has 0 fully saturated rings. The Morgan fingerprint density at radius 2 is 2.10 bits per heavy atom. The van der Waals surface area contributed by atoms with E-state index in [-0.39, 0.29) is 6.04 Å². The average molecular weight is 270 g/mol. The molecule has 0 heterocycles.